The van der Waals surface area contributed by atoms with Crippen LogP contribution in [0.15, 0.2) is 0 Å². The summed E-state index contributed by atoms with van der Waals surface area (Å²) in [4.78, 5) is 7.74. The second-order valence-electron chi connectivity index (χ2n) is 5.10. The highest BCUT2D eigenvalue weighted by molar-refractivity contribution is 7.91. The third-order valence-electron chi connectivity index (χ3n) is 3.44. The number of aryl methyl sites for hydroxylation is 1. The van der Waals surface area contributed by atoms with Crippen molar-refractivity contribution >= 4 is 9.84 Å². The van der Waals surface area contributed by atoms with Crippen LogP contribution in [0.25, 0.3) is 0 Å². The van der Waals surface area contributed by atoms with Crippen LogP contribution >= 0.6 is 0 Å². The van der Waals surface area contributed by atoms with E-state index < -0.39 is 9.84 Å². The fraction of sp³-hybridized carbons (Fsp3) is 0.727. The Bertz CT molecular complexity index is 521. The van der Waals surface area contributed by atoms with Crippen LogP contribution in [0.3, 0.4) is 0 Å². The Hall–Kier alpha value is -0.880. The quantitative estimate of drug-likeness (QED) is 0.815. The molecular weight excluding hydrogens is 238 g/mol. The van der Waals surface area contributed by atoms with Gasteiger partial charge in [-0.05, 0) is 19.9 Å². The monoisotopic (exact) mass is 257 g/mol. The number of aromatic nitrogens is 2. The lowest BCUT2D eigenvalue weighted by Gasteiger charge is -2.18. The maximum Gasteiger partial charge on any atom is 0.151 e. The standard InChI is InChI=1S/C11H19N3O2S/c1-8-9(3-5-12)14-10(13-8)11(2)4-6-17(15,16)7-11/h3-7,12H2,1-2H3,(H,13,14). The summed E-state index contributed by atoms with van der Waals surface area (Å²) in [6.45, 7) is 4.47. The lowest BCUT2D eigenvalue weighted by atomic mass is 9.89. The topological polar surface area (TPSA) is 88.8 Å². The van der Waals surface area contributed by atoms with Crippen LogP contribution < -0.4 is 5.73 Å². The number of nitrogens with two attached hydrogens (primary N) is 1. The fourth-order valence-corrected chi connectivity index (χ4v) is 4.52. The summed E-state index contributed by atoms with van der Waals surface area (Å²) in [5.74, 6) is 1.24. The minimum Gasteiger partial charge on any atom is -0.345 e. The van der Waals surface area contributed by atoms with E-state index in [-0.39, 0.29) is 16.9 Å². The Morgan fingerprint density at radius 3 is 2.76 bits per heavy atom. The van der Waals surface area contributed by atoms with Crippen molar-refractivity contribution in [2.75, 3.05) is 18.1 Å². The van der Waals surface area contributed by atoms with Gasteiger partial charge in [0.25, 0.3) is 0 Å². The van der Waals surface area contributed by atoms with Crippen LogP contribution in [0.5, 0.6) is 0 Å². The molecule has 5 nitrogen and oxygen atoms in total. The van der Waals surface area contributed by atoms with Gasteiger partial charge in [0.15, 0.2) is 9.84 Å². The highest BCUT2D eigenvalue weighted by Gasteiger charge is 2.42. The number of rotatable bonds is 3. The summed E-state index contributed by atoms with van der Waals surface area (Å²) in [5.41, 5.74) is 7.10. The number of nitrogens with zero attached hydrogens (tertiary/aromatic N) is 1. The van der Waals surface area contributed by atoms with Gasteiger partial charge in [0.05, 0.1) is 17.2 Å². The molecule has 1 fully saturated rings. The third kappa shape index (κ3) is 2.37. The molecule has 0 bridgehead atoms. The van der Waals surface area contributed by atoms with E-state index in [0.29, 0.717) is 13.0 Å². The lowest BCUT2D eigenvalue weighted by molar-refractivity contribution is 0.505. The van der Waals surface area contributed by atoms with Crippen molar-refractivity contribution in [1.29, 1.82) is 0 Å². The number of hydrogen-bond donors (Lipinski definition) is 2. The van der Waals surface area contributed by atoms with Gasteiger partial charge in [0.1, 0.15) is 5.82 Å². The summed E-state index contributed by atoms with van der Waals surface area (Å²) < 4.78 is 23.2. The van der Waals surface area contributed by atoms with Gasteiger partial charge in [-0.15, -0.1) is 0 Å². The molecule has 1 saturated heterocycles. The van der Waals surface area contributed by atoms with Crippen molar-refractivity contribution < 1.29 is 8.42 Å². The number of nitrogens with one attached hydrogen (secondary N) is 1. The van der Waals surface area contributed by atoms with Crippen LogP contribution in [0.4, 0.5) is 0 Å². The van der Waals surface area contributed by atoms with Crippen molar-refractivity contribution in [1.82, 2.24) is 9.97 Å². The molecule has 96 valence electrons. The Morgan fingerprint density at radius 1 is 1.53 bits per heavy atom. The number of hydrogen-bond acceptors (Lipinski definition) is 4. The van der Waals surface area contributed by atoms with E-state index >= 15 is 0 Å². The molecule has 1 aromatic heterocycles. The molecule has 0 radical (unpaired) electrons. The molecule has 1 aliphatic heterocycles. The Kier molecular flexibility index (Phi) is 3.03. The van der Waals surface area contributed by atoms with E-state index in [0.717, 1.165) is 23.6 Å². The first-order valence-electron chi connectivity index (χ1n) is 5.83. The highest BCUT2D eigenvalue weighted by atomic mass is 32.2. The second-order valence-corrected chi connectivity index (χ2v) is 7.28. The highest BCUT2D eigenvalue weighted by Crippen LogP contribution is 2.34. The molecule has 6 heteroatoms. The summed E-state index contributed by atoms with van der Waals surface area (Å²) in [6, 6.07) is 0. The Labute approximate surface area is 102 Å². The molecule has 0 spiro atoms. The van der Waals surface area contributed by atoms with Crippen molar-refractivity contribution in [3.05, 3.63) is 17.2 Å². The predicted octanol–water partition coefficient (Wildman–Crippen LogP) is 0.296. The van der Waals surface area contributed by atoms with E-state index in [4.69, 9.17) is 5.73 Å². The molecule has 0 saturated carbocycles. The SMILES string of the molecule is Cc1[nH]c(C2(C)CCS(=O)(=O)C2)nc1CCN. The molecule has 1 atom stereocenters. The zero-order valence-corrected chi connectivity index (χ0v) is 11.1. The van der Waals surface area contributed by atoms with E-state index in [1.807, 2.05) is 13.8 Å². The van der Waals surface area contributed by atoms with Crippen molar-refractivity contribution in [3.8, 4) is 0 Å². The van der Waals surface area contributed by atoms with Gasteiger partial charge in [-0.3, -0.25) is 0 Å². The van der Waals surface area contributed by atoms with Gasteiger partial charge < -0.3 is 10.7 Å². The maximum atomic E-state index is 11.6. The fourth-order valence-electron chi connectivity index (χ4n) is 2.36. The average molecular weight is 257 g/mol. The van der Waals surface area contributed by atoms with E-state index in [1.54, 1.807) is 0 Å². The molecule has 1 aliphatic rings. The smallest absolute Gasteiger partial charge is 0.151 e. The lowest BCUT2D eigenvalue weighted by Crippen LogP contribution is -2.25. The second kappa shape index (κ2) is 4.10. The molecule has 1 aromatic rings. The zero-order chi connectivity index (χ0) is 12.7. The van der Waals surface area contributed by atoms with E-state index in [9.17, 15) is 8.42 Å². The van der Waals surface area contributed by atoms with Crippen LogP contribution in [-0.2, 0) is 21.7 Å². The first-order valence-corrected chi connectivity index (χ1v) is 7.65. The first-order chi connectivity index (χ1) is 7.86. The van der Waals surface area contributed by atoms with E-state index in [2.05, 4.69) is 9.97 Å². The molecule has 0 aromatic carbocycles. The number of imidazole rings is 1. The van der Waals surface area contributed by atoms with Gasteiger partial charge in [0, 0.05) is 17.5 Å². The third-order valence-corrected chi connectivity index (χ3v) is 5.34. The van der Waals surface area contributed by atoms with Crippen molar-refractivity contribution in [3.63, 3.8) is 0 Å². The van der Waals surface area contributed by atoms with Crippen molar-refractivity contribution in [2.45, 2.75) is 32.1 Å². The number of sulfone groups is 1. The van der Waals surface area contributed by atoms with E-state index in [1.165, 1.54) is 0 Å². The average Bonchev–Trinajstić information content (AvgIpc) is 2.71. The minimum absolute atomic E-state index is 0.190. The zero-order valence-electron chi connectivity index (χ0n) is 10.3. The summed E-state index contributed by atoms with van der Waals surface area (Å²) in [7, 11) is -2.90. The van der Waals surface area contributed by atoms with Crippen LogP contribution in [-0.4, -0.2) is 36.4 Å². The molecule has 0 amide bonds. The summed E-state index contributed by atoms with van der Waals surface area (Å²) in [6.07, 6.45) is 1.37. The van der Waals surface area contributed by atoms with Crippen molar-refractivity contribution in [2.24, 2.45) is 5.73 Å². The van der Waals surface area contributed by atoms with Gasteiger partial charge >= 0.3 is 0 Å². The van der Waals surface area contributed by atoms with Gasteiger partial charge in [-0.1, -0.05) is 6.92 Å². The molecule has 1 unspecified atom stereocenters. The van der Waals surface area contributed by atoms with Gasteiger partial charge in [-0.2, -0.15) is 0 Å². The van der Waals surface area contributed by atoms with Gasteiger partial charge in [0.2, 0.25) is 0 Å². The molecule has 2 heterocycles. The maximum absolute atomic E-state index is 11.6. The first kappa shape index (κ1) is 12.6. The Balaban J connectivity index is 2.32. The molecule has 2 rings (SSSR count). The van der Waals surface area contributed by atoms with Crippen LogP contribution in [0, 0.1) is 6.92 Å². The molecule has 3 N–H and O–H groups in total. The molecular formula is C11H19N3O2S. The minimum atomic E-state index is -2.90. The summed E-state index contributed by atoms with van der Waals surface area (Å²) in [5, 5.41) is 0. The molecule has 17 heavy (non-hydrogen) atoms. The normalized spacial score (nSPS) is 27.5. The Morgan fingerprint density at radius 2 is 2.24 bits per heavy atom. The predicted molar refractivity (Wildman–Crippen MR) is 66.7 cm³/mol. The van der Waals surface area contributed by atoms with Gasteiger partial charge in [-0.25, -0.2) is 13.4 Å². The number of aromatic amines is 1. The van der Waals surface area contributed by atoms with Crippen LogP contribution in [0.2, 0.25) is 0 Å². The largest absolute Gasteiger partial charge is 0.345 e. The van der Waals surface area contributed by atoms with Crippen LogP contribution in [0.1, 0.15) is 30.6 Å². The molecule has 0 aliphatic carbocycles. The summed E-state index contributed by atoms with van der Waals surface area (Å²) >= 11 is 0. The number of H-pyrrole nitrogens is 1.